The molecular formula is C14H22OS. The molecule has 1 aromatic rings. The van der Waals surface area contributed by atoms with Gasteiger partial charge in [-0.1, -0.05) is 32.8 Å². The number of rotatable bonds is 6. The number of hydrogen-bond acceptors (Lipinski definition) is 2. The lowest BCUT2D eigenvalue weighted by Crippen LogP contribution is -1.94. The Morgan fingerprint density at radius 1 is 1.06 bits per heavy atom. The van der Waals surface area contributed by atoms with Crippen LogP contribution in [-0.4, -0.2) is 5.11 Å². The molecule has 0 unspecified atom stereocenters. The third kappa shape index (κ3) is 3.44. The maximum absolute atomic E-state index is 10.2. The van der Waals surface area contributed by atoms with Crippen LogP contribution >= 0.6 is 12.6 Å². The molecule has 1 nitrogen and oxygen atoms in total. The Labute approximate surface area is 104 Å². The van der Waals surface area contributed by atoms with Gasteiger partial charge in [0.15, 0.2) is 0 Å². The molecule has 1 N–H and O–H groups in total. The molecule has 0 spiro atoms. The molecular weight excluding hydrogens is 216 g/mol. The Balaban J connectivity index is 2.87. The fraction of sp³-hybridized carbons (Fsp3) is 0.571. The van der Waals surface area contributed by atoms with Crippen LogP contribution in [-0.2, 0) is 12.8 Å². The second kappa shape index (κ2) is 6.85. The van der Waals surface area contributed by atoms with Crippen molar-refractivity contribution in [2.24, 2.45) is 0 Å². The topological polar surface area (TPSA) is 20.2 Å². The zero-order chi connectivity index (χ0) is 12.0. The predicted octanol–water partition coefficient (Wildman–Crippen LogP) is 4.37. The van der Waals surface area contributed by atoms with Crippen LogP contribution in [0.2, 0.25) is 0 Å². The van der Waals surface area contributed by atoms with E-state index in [0.29, 0.717) is 5.75 Å². The molecule has 1 aromatic carbocycles. The number of benzene rings is 1. The normalized spacial score (nSPS) is 10.7. The van der Waals surface area contributed by atoms with Gasteiger partial charge in [-0.15, -0.1) is 12.6 Å². The van der Waals surface area contributed by atoms with Crippen molar-refractivity contribution in [1.82, 2.24) is 0 Å². The first-order chi connectivity index (χ1) is 7.70. The number of unbranched alkanes of at least 4 members (excludes halogenated alkanes) is 2. The molecule has 0 amide bonds. The molecule has 0 saturated heterocycles. The summed E-state index contributed by atoms with van der Waals surface area (Å²) in [5, 5.41) is 10.2. The van der Waals surface area contributed by atoms with Gasteiger partial charge in [0.1, 0.15) is 5.75 Å². The quantitative estimate of drug-likeness (QED) is 0.705. The SMILES string of the molecule is CCCCc1ccc(S)c(CCCC)c1O. The molecule has 0 bridgehead atoms. The van der Waals surface area contributed by atoms with E-state index in [0.717, 1.165) is 54.5 Å². The summed E-state index contributed by atoms with van der Waals surface area (Å²) in [7, 11) is 0. The van der Waals surface area contributed by atoms with Crippen LogP contribution in [0, 0.1) is 0 Å². The highest BCUT2D eigenvalue weighted by molar-refractivity contribution is 7.80. The molecule has 0 aliphatic rings. The van der Waals surface area contributed by atoms with Crippen LogP contribution in [0.4, 0.5) is 0 Å². The summed E-state index contributed by atoms with van der Waals surface area (Å²) in [5.41, 5.74) is 2.10. The van der Waals surface area contributed by atoms with Gasteiger partial charge in [-0.05, 0) is 37.3 Å². The maximum Gasteiger partial charge on any atom is 0.123 e. The highest BCUT2D eigenvalue weighted by Gasteiger charge is 2.09. The summed E-state index contributed by atoms with van der Waals surface area (Å²) >= 11 is 4.42. The van der Waals surface area contributed by atoms with Crippen LogP contribution in [0.5, 0.6) is 5.75 Å². The Hall–Kier alpha value is -0.630. The van der Waals surface area contributed by atoms with Crippen molar-refractivity contribution < 1.29 is 5.11 Å². The lowest BCUT2D eigenvalue weighted by Gasteiger charge is -2.11. The molecule has 0 atom stereocenters. The highest BCUT2D eigenvalue weighted by Crippen LogP contribution is 2.30. The lowest BCUT2D eigenvalue weighted by atomic mass is 10.0. The predicted molar refractivity (Wildman–Crippen MR) is 72.6 cm³/mol. The van der Waals surface area contributed by atoms with Gasteiger partial charge in [0.2, 0.25) is 0 Å². The summed E-state index contributed by atoms with van der Waals surface area (Å²) < 4.78 is 0. The van der Waals surface area contributed by atoms with Crippen molar-refractivity contribution in [3.63, 3.8) is 0 Å². The van der Waals surface area contributed by atoms with E-state index in [4.69, 9.17) is 0 Å². The average molecular weight is 238 g/mol. The van der Waals surface area contributed by atoms with Crippen LogP contribution in [0.25, 0.3) is 0 Å². The summed E-state index contributed by atoms with van der Waals surface area (Å²) in [6.07, 6.45) is 6.44. The fourth-order valence-electron chi connectivity index (χ4n) is 1.84. The van der Waals surface area contributed by atoms with Gasteiger partial charge in [-0.25, -0.2) is 0 Å². The average Bonchev–Trinajstić information content (AvgIpc) is 2.28. The first-order valence-electron chi connectivity index (χ1n) is 6.23. The lowest BCUT2D eigenvalue weighted by molar-refractivity contribution is 0.456. The van der Waals surface area contributed by atoms with Gasteiger partial charge >= 0.3 is 0 Å². The van der Waals surface area contributed by atoms with Crippen molar-refractivity contribution in [2.45, 2.75) is 57.3 Å². The standard InChI is InChI=1S/C14H22OS/c1-3-5-7-11-9-10-13(16)12(14(11)15)8-6-4-2/h9-10,15-16H,3-8H2,1-2H3. The van der Waals surface area contributed by atoms with E-state index >= 15 is 0 Å². The Bertz CT molecular complexity index is 334. The van der Waals surface area contributed by atoms with E-state index in [1.54, 1.807) is 0 Å². The Morgan fingerprint density at radius 2 is 1.69 bits per heavy atom. The first kappa shape index (κ1) is 13.4. The van der Waals surface area contributed by atoms with Gasteiger partial charge in [-0.3, -0.25) is 0 Å². The largest absolute Gasteiger partial charge is 0.507 e. The molecule has 0 aliphatic carbocycles. The minimum atomic E-state index is 0.481. The van der Waals surface area contributed by atoms with Crippen molar-refractivity contribution in [1.29, 1.82) is 0 Å². The molecule has 0 aromatic heterocycles. The first-order valence-corrected chi connectivity index (χ1v) is 6.68. The van der Waals surface area contributed by atoms with Crippen molar-refractivity contribution in [2.75, 3.05) is 0 Å². The number of phenols is 1. The van der Waals surface area contributed by atoms with Crippen molar-refractivity contribution >= 4 is 12.6 Å². The Kier molecular flexibility index (Phi) is 5.75. The van der Waals surface area contributed by atoms with E-state index < -0.39 is 0 Å². The Morgan fingerprint density at radius 3 is 2.31 bits per heavy atom. The van der Waals surface area contributed by atoms with E-state index in [1.807, 2.05) is 12.1 Å². The zero-order valence-electron chi connectivity index (χ0n) is 10.3. The van der Waals surface area contributed by atoms with Gasteiger partial charge in [0.25, 0.3) is 0 Å². The van der Waals surface area contributed by atoms with Gasteiger partial charge < -0.3 is 5.11 Å². The van der Waals surface area contributed by atoms with E-state index in [-0.39, 0.29) is 0 Å². The van der Waals surface area contributed by atoms with Gasteiger partial charge in [0.05, 0.1) is 0 Å². The summed E-state index contributed by atoms with van der Waals surface area (Å²) in [6, 6.07) is 4.02. The molecule has 16 heavy (non-hydrogen) atoms. The smallest absolute Gasteiger partial charge is 0.123 e. The number of hydrogen-bond donors (Lipinski definition) is 2. The van der Waals surface area contributed by atoms with Crippen molar-refractivity contribution in [3.05, 3.63) is 23.3 Å². The molecule has 0 fully saturated rings. The summed E-state index contributed by atoms with van der Waals surface area (Å²) in [5.74, 6) is 0.481. The fourth-order valence-corrected chi connectivity index (χ4v) is 2.14. The number of thiol groups is 1. The zero-order valence-corrected chi connectivity index (χ0v) is 11.2. The van der Waals surface area contributed by atoms with Crippen LogP contribution in [0.3, 0.4) is 0 Å². The minimum absolute atomic E-state index is 0.481. The molecule has 0 radical (unpaired) electrons. The summed E-state index contributed by atoms with van der Waals surface area (Å²) in [4.78, 5) is 0.922. The third-order valence-corrected chi connectivity index (χ3v) is 3.34. The highest BCUT2D eigenvalue weighted by atomic mass is 32.1. The molecule has 90 valence electrons. The number of aromatic hydroxyl groups is 1. The van der Waals surface area contributed by atoms with E-state index in [9.17, 15) is 5.11 Å². The third-order valence-electron chi connectivity index (χ3n) is 2.92. The second-order valence-electron chi connectivity index (χ2n) is 4.28. The van der Waals surface area contributed by atoms with Crippen LogP contribution in [0.1, 0.15) is 50.7 Å². The molecule has 0 saturated carbocycles. The monoisotopic (exact) mass is 238 g/mol. The van der Waals surface area contributed by atoms with Crippen LogP contribution < -0.4 is 0 Å². The van der Waals surface area contributed by atoms with Crippen LogP contribution in [0.15, 0.2) is 17.0 Å². The maximum atomic E-state index is 10.2. The number of aryl methyl sites for hydroxylation is 1. The molecule has 0 aliphatic heterocycles. The molecule has 1 rings (SSSR count). The van der Waals surface area contributed by atoms with E-state index in [2.05, 4.69) is 26.5 Å². The second-order valence-corrected chi connectivity index (χ2v) is 4.76. The number of phenolic OH excluding ortho intramolecular Hbond substituents is 1. The summed E-state index contributed by atoms with van der Waals surface area (Å²) in [6.45, 7) is 4.33. The minimum Gasteiger partial charge on any atom is -0.507 e. The van der Waals surface area contributed by atoms with Gasteiger partial charge in [-0.2, -0.15) is 0 Å². The molecule has 0 heterocycles. The van der Waals surface area contributed by atoms with Gasteiger partial charge in [0, 0.05) is 10.5 Å². The molecule has 2 heteroatoms. The van der Waals surface area contributed by atoms with E-state index in [1.165, 1.54) is 0 Å². The van der Waals surface area contributed by atoms with Crippen molar-refractivity contribution in [3.8, 4) is 5.75 Å².